The Labute approximate surface area is 168 Å². The number of furan rings is 1. The summed E-state index contributed by atoms with van der Waals surface area (Å²) in [4.78, 5) is 9.16. The molecule has 0 fully saturated rings. The predicted octanol–water partition coefficient (Wildman–Crippen LogP) is -1.23. The first-order chi connectivity index (χ1) is 12.9. The Morgan fingerprint density at radius 3 is 2.50 bits per heavy atom. The molecule has 7 nitrogen and oxygen atoms in total. The van der Waals surface area contributed by atoms with Crippen LogP contribution < -0.4 is 22.9 Å². The van der Waals surface area contributed by atoms with Gasteiger partial charge < -0.3 is 16.8 Å². The molecule has 4 aromatic rings. The second-order valence-electron chi connectivity index (χ2n) is 6.36. The second kappa shape index (κ2) is 7.84. The third kappa shape index (κ3) is 4.00. The van der Waals surface area contributed by atoms with Crippen LogP contribution in [-0.4, -0.2) is 24.9 Å². The van der Waals surface area contributed by atoms with Crippen molar-refractivity contribution < 1.29 is 30.6 Å². The van der Waals surface area contributed by atoms with E-state index in [1.807, 2.05) is 36.5 Å². The molecule has 4 rings (SSSR count). The molecule has 0 amide bonds. The number of fused-ring (bicyclic) bond motifs is 3. The van der Waals surface area contributed by atoms with Gasteiger partial charge in [-0.2, -0.15) is 4.98 Å². The van der Waals surface area contributed by atoms with Gasteiger partial charge in [-0.05, 0) is 36.8 Å². The van der Waals surface area contributed by atoms with Gasteiger partial charge in [-0.3, -0.25) is 5.32 Å². The molecule has 0 saturated heterocycles. The Balaban J connectivity index is 0.00000225. The molecule has 0 spiro atoms. The summed E-state index contributed by atoms with van der Waals surface area (Å²) in [7, 11) is -3.66. The number of hydrogen-bond acceptors (Lipinski definition) is 5. The Kier molecular flexibility index (Phi) is 5.66. The number of quaternary nitrogens is 1. The van der Waals surface area contributed by atoms with Gasteiger partial charge in [-0.1, -0.05) is 24.3 Å². The number of hydrogen-bond donors (Lipinski definition) is 2. The van der Waals surface area contributed by atoms with Crippen LogP contribution in [0.1, 0.15) is 11.4 Å². The molecule has 4 N–H and O–H groups in total. The van der Waals surface area contributed by atoms with E-state index < -0.39 is 10.0 Å². The topological polar surface area (TPSA) is 116 Å². The molecule has 0 radical (unpaired) electrons. The first-order valence-electron chi connectivity index (χ1n) is 8.53. The lowest BCUT2D eigenvalue weighted by Gasteiger charge is -2.04. The minimum Gasteiger partial charge on any atom is -1.00 e. The van der Waals surface area contributed by atoms with Crippen molar-refractivity contribution in [2.75, 3.05) is 6.54 Å². The van der Waals surface area contributed by atoms with Crippen LogP contribution in [0.25, 0.3) is 22.1 Å². The summed E-state index contributed by atoms with van der Waals surface area (Å²) < 4.78 is 28.6. The highest BCUT2D eigenvalue weighted by atomic mass is 35.5. The average molecular weight is 419 g/mol. The van der Waals surface area contributed by atoms with E-state index in [9.17, 15) is 8.42 Å². The van der Waals surface area contributed by atoms with Crippen LogP contribution in [0.4, 0.5) is 5.82 Å². The summed E-state index contributed by atoms with van der Waals surface area (Å²) in [5, 5.41) is 8.12. The molecule has 28 heavy (non-hydrogen) atoms. The van der Waals surface area contributed by atoms with Gasteiger partial charge in [0.25, 0.3) is 5.82 Å². The van der Waals surface area contributed by atoms with E-state index in [1.165, 1.54) is 12.1 Å². The fraction of sp³-hybridized carbons (Fsp3) is 0.158. The standard InChI is InChI=1S/C19H18N4O3S.ClH/c1-12-22-17-15-4-2-3-5-16(15)26-18(17)19(23-12)21-11-10-13-6-8-14(9-7-13)27(20,24)25;/h2-9H,10-11H2,1H3,(H2,20,24,25)(H,21,22,23);1H. The van der Waals surface area contributed by atoms with Crippen LogP contribution in [0, 0.1) is 6.92 Å². The number of nitrogens with two attached hydrogens (primary N) is 2. The highest BCUT2D eigenvalue weighted by Gasteiger charge is 2.17. The van der Waals surface area contributed by atoms with Gasteiger partial charge in [0.15, 0.2) is 0 Å². The largest absolute Gasteiger partial charge is 1.00 e. The summed E-state index contributed by atoms with van der Waals surface area (Å²) in [6.45, 7) is 2.60. The van der Waals surface area contributed by atoms with Crippen molar-refractivity contribution in [1.29, 1.82) is 0 Å². The number of aromatic nitrogens is 2. The third-order valence-electron chi connectivity index (χ3n) is 4.38. The fourth-order valence-electron chi connectivity index (χ4n) is 3.09. The smallest absolute Gasteiger partial charge is 0.272 e. The number of para-hydroxylation sites is 1. The van der Waals surface area contributed by atoms with Crippen molar-refractivity contribution in [3.05, 3.63) is 59.9 Å². The van der Waals surface area contributed by atoms with Crippen LogP contribution in [0.3, 0.4) is 0 Å². The lowest BCUT2D eigenvalue weighted by atomic mass is 10.1. The molecule has 2 aromatic carbocycles. The minimum absolute atomic E-state index is 0. The van der Waals surface area contributed by atoms with Crippen LogP contribution in [0.15, 0.2) is 57.8 Å². The lowest BCUT2D eigenvalue weighted by molar-refractivity contribution is -0.573. The minimum atomic E-state index is -3.66. The maximum Gasteiger partial charge on any atom is 0.272 e. The molecule has 0 bridgehead atoms. The Morgan fingerprint density at radius 2 is 1.79 bits per heavy atom. The molecule has 2 aromatic heterocycles. The number of aryl methyl sites for hydroxylation is 1. The molecule has 0 atom stereocenters. The van der Waals surface area contributed by atoms with Gasteiger partial charge in [0.1, 0.15) is 16.9 Å². The van der Waals surface area contributed by atoms with Gasteiger partial charge in [-0.25, -0.2) is 18.5 Å². The van der Waals surface area contributed by atoms with Crippen LogP contribution in [-0.2, 0) is 16.4 Å². The number of rotatable bonds is 5. The summed E-state index contributed by atoms with van der Waals surface area (Å²) in [6.07, 6.45) is 0.746. The number of nitrogens with zero attached hydrogens (tertiary/aromatic N) is 2. The molecule has 0 aliphatic heterocycles. The summed E-state index contributed by atoms with van der Waals surface area (Å²) in [5.74, 6) is 1.47. The first-order valence-corrected chi connectivity index (χ1v) is 10.1. The van der Waals surface area contributed by atoms with Crippen LogP contribution >= 0.6 is 0 Å². The monoisotopic (exact) mass is 418 g/mol. The summed E-state index contributed by atoms with van der Waals surface area (Å²) in [5.41, 5.74) is 3.32. The van der Waals surface area contributed by atoms with E-state index in [1.54, 1.807) is 12.1 Å². The van der Waals surface area contributed by atoms with E-state index in [0.29, 0.717) is 11.4 Å². The Bertz CT molecular complexity index is 1240. The van der Waals surface area contributed by atoms with Gasteiger partial charge in [0.2, 0.25) is 15.6 Å². The normalized spacial score (nSPS) is 11.6. The molecule has 0 aliphatic rings. The fourth-order valence-corrected chi connectivity index (χ4v) is 3.60. The zero-order chi connectivity index (χ0) is 19.0. The number of benzene rings is 2. The molecular formula is C19H19ClN4O3S. The van der Waals surface area contributed by atoms with E-state index in [-0.39, 0.29) is 17.3 Å². The maximum atomic E-state index is 11.3. The number of primary sulfonamides is 1. The zero-order valence-corrected chi connectivity index (χ0v) is 16.7. The van der Waals surface area contributed by atoms with Crippen molar-refractivity contribution in [2.24, 2.45) is 5.14 Å². The summed E-state index contributed by atoms with van der Waals surface area (Å²) in [6, 6.07) is 14.4. The highest BCUT2D eigenvalue weighted by Crippen LogP contribution is 2.29. The van der Waals surface area contributed by atoms with E-state index in [4.69, 9.17) is 9.56 Å². The van der Waals surface area contributed by atoms with Crippen molar-refractivity contribution in [3.63, 3.8) is 0 Å². The number of sulfonamides is 1. The van der Waals surface area contributed by atoms with Gasteiger partial charge >= 0.3 is 0 Å². The van der Waals surface area contributed by atoms with Gasteiger partial charge in [0.05, 0.1) is 11.4 Å². The molecule has 9 heteroatoms. The molecule has 0 aliphatic carbocycles. The molecule has 0 saturated carbocycles. The van der Waals surface area contributed by atoms with Crippen LogP contribution in [0.5, 0.6) is 0 Å². The molecule has 146 valence electrons. The van der Waals surface area contributed by atoms with E-state index >= 15 is 0 Å². The Hall–Kier alpha value is -2.52. The predicted molar refractivity (Wildman–Crippen MR) is 102 cm³/mol. The zero-order valence-electron chi connectivity index (χ0n) is 15.1. The van der Waals surface area contributed by atoms with Crippen molar-refractivity contribution in [1.82, 2.24) is 9.97 Å². The molecular weight excluding hydrogens is 400 g/mol. The number of halogens is 1. The van der Waals surface area contributed by atoms with Crippen LogP contribution in [0.2, 0.25) is 0 Å². The van der Waals surface area contributed by atoms with Crippen molar-refractivity contribution >= 4 is 37.9 Å². The van der Waals surface area contributed by atoms with Gasteiger partial charge in [-0.15, -0.1) is 0 Å². The van der Waals surface area contributed by atoms with E-state index in [2.05, 4.69) is 9.97 Å². The van der Waals surface area contributed by atoms with Crippen molar-refractivity contribution in [3.8, 4) is 0 Å². The Morgan fingerprint density at radius 1 is 1.07 bits per heavy atom. The quantitative estimate of drug-likeness (QED) is 0.421. The third-order valence-corrected chi connectivity index (χ3v) is 5.31. The SMILES string of the molecule is Cc1nc([NH2+]CCc2ccc(S(N)(=O)=O)cc2)c2oc3ccccc3c2n1.[Cl-]. The van der Waals surface area contributed by atoms with E-state index in [0.717, 1.165) is 40.8 Å². The first kappa shape index (κ1) is 20.2. The average Bonchev–Trinajstić information content (AvgIpc) is 3.00. The van der Waals surface area contributed by atoms with Crippen molar-refractivity contribution in [2.45, 2.75) is 18.2 Å². The maximum absolute atomic E-state index is 11.3. The summed E-state index contributed by atoms with van der Waals surface area (Å²) >= 11 is 0. The van der Waals surface area contributed by atoms with Gasteiger partial charge in [0, 0.05) is 11.8 Å². The lowest BCUT2D eigenvalue weighted by Crippen LogP contribution is -3.00. The molecule has 0 unspecified atom stereocenters. The highest BCUT2D eigenvalue weighted by molar-refractivity contribution is 7.89. The molecule has 2 heterocycles. The second-order valence-corrected chi connectivity index (χ2v) is 7.93.